The fourth-order valence-electron chi connectivity index (χ4n) is 2.69. The third-order valence-corrected chi connectivity index (χ3v) is 4.30. The Morgan fingerprint density at radius 2 is 1.75 bits per heavy atom. The van der Waals surface area contributed by atoms with E-state index in [0.717, 1.165) is 12.0 Å². The molecule has 0 aromatic heterocycles. The summed E-state index contributed by atoms with van der Waals surface area (Å²) in [6, 6.07) is 12.6. The highest BCUT2D eigenvalue weighted by molar-refractivity contribution is 5.92. The molecule has 1 amide bonds. The van der Waals surface area contributed by atoms with Crippen LogP contribution in [0.25, 0.3) is 0 Å². The first-order valence-electron chi connectivity index (χ1n) is 9.34. The Balaban J connectivity index is 1.90. The van der Waals surface area contributed by atoms with Gasteiger partial charge in [0.2, 0.25) is 0 Å². The summed E-state index contributed by atoms with van der Waals surface area (Å²) in [7, 11) is 1.49. The summed E-state index contributed by atoms with van der Waals surface area (Å²) in [6.07, 6.45) is 0.966. The molecule has 2 aromatic rings. The predicted octanol–water partition coefficient (Wildman–Crippen LogP) is 3.69. The number of rotatable bonds is 9. The van der Waals surface area contributed by atoms with Crippen LogP contribution in [0.2, 0.25) is 0 Å². The van der Waals surface area contributed by atoms with Crippen molar-refractivity contribution in [1.82, 2.24) is 5.32 Å². The fraction of sp³-hybridized carbons (Fsp3) is 0.364. The maximum Gasteiger partial charge on any atom is 0.338 e. The summed E-state index contributed by atoms with van der Waals surface area (Å²) in [5.41, 5.74) is 2.52. The summed E-state index contributed by atoms with van der Waals surface area (Å²) in [6.45, 7) is 5.97. The van der Waals surface area contributed by atoms with Crippen molar-refractivity contribution in [2.45, 2.75) is 33.2 Å². The number of hydrogen-bond acceptors (Lipinski definition) is 5. The number of ether oxygens (including phenoxy) is 3. The quantitative estimate of drug-likeness (QED) is 0.667. The average molecular weight is 385 g/mol. The number of esters is 1. The molecule has 0 spiro atoms. The summed E-state index contributed by atoms with van der Waals surface area (Å²) < 4.78 is 15.8. The van der Waals surface area contributed by atoms with Gasteiger partial charge in [0.1, 0.15) is 0 Å². The van der Waals surface area contributed by atoms with Gasteiger partial charge in [0.05, 0.1) is 25.3 Å². The molecule has 28 heavy (non-hydrogen) atoms. The van der Waals surface area contributed by atoms with E-state index >= 15 is 0 Å². The lowest BCUT2D eigenvalue weighted by atomic mass is 10.1. The third-order valence-electron chi connectivity index (χ3n) is 4.30. The molecule has 2 rings (SSSR count). The first-order chi connectivity index (χ1) is 13.5. The number of methoxy groups -OCH3 is 1. The van der Waals surface area contributed by atoms with Gasteiger partial charge in [0, 0.05) is 0 Å². The van der Waals surface area contributed by atoms with E-state index < -0.39 is 5.97 Å². The molecule has 0 aliphatic heterocycles. The molecule has 1 atom stereocenters. The van der Waals surface area contributed by atoms with Crippen molar-refractivity contribution in [3.8, 4) is 11.5 Å². The van der Waals surface area contributed by atoms with E-state index in [2.05, 4.69) is 12.2 Å². The van der Waals surface area contributed by atoms with E-state index in [1.54, 1.807) is 12.1 Å². The maximum atomic E-state index is 12.2. The number of carbonyl (C=O) groups excluding carboxylic acids is 2. The number of aryl methyl sites for hydroxylation is 1. The lowest BCUT2D eigenvalue weighted by Crippen LogP contribution is -2.31. The molecular weight excluding hydrogens is 358 g/mol. The molecule has 0 aliphatic rings. The van der Waals surface area contributed by atoms with Gasteiger partial charge >= 0.3 is 5.97 Å². The van der Waals surface area contributed by atoms with Crippen LogP contribution >= 0.6 is 0 Å². The summed E-state index contributed by atoms with van der Waals surface area (Å²) in [5, 5.41) is 2.83. The van der Waals surface area contributed by atoms with Gasteiger partial charge in [0.15, 0.2) is 18.1 Å². The standard InChI is InChI=1S/C22H27NO5/c1-5-16-7-9-17(10-8-16)15(3)23-21(24)14-28-22(25)18-11-12-19(27-6-2)20(13-18)26-4/h7-13,15H,5-6,14H2,1-4H3,(H,23,24)/t15-/m1/s1. The molecule has 2 aromatic carbocycles. The Morgan fingerprint density at radius 3 is 2.36 bits per heavy atom. The molecule has 0 aliphatic carbocycles. The molecule has 150 valence electrons. The van der Waals surface area contributed by atoms with Gasteiger partial charge in [-0.05, 0) is 49.6 Å². The minimum absolute atomic E-state index is 0.178. The minimum Gasteiger partial charge on any atom is -0.493 e. The van der Waals surface area contributed by atoms with Gasteiger partial charge in [-0.3, -0.25) is 4.79 Å². The van der Waals surface area contributed by atoms with Gasteiger partial charge < -0.3 is 19.5 Å². The van der Waals surface area contributed by atoms with E-state index in [1.807, 2.05) is 38.1 Å². The van der Waals surface area contributed by atoms with Crippen LogP contribution in [0.3, 0.4) is 0 Å². The van der Waals surface area contributed by atoms with Crippen molar-refractivity contribution in [1.29, 1.82) is 0 Å². The van der Waals surface area contributed by atoms with Crippen LogP contribution < -0.4 is 14.8 Å². The molecule has 0 bridgehead atoms. The van der Waals surface area contributed by atoms with Crippen molar-refractivity contribution in [3.05, 3.63) is 59.2 Å². The third kappa shape index (κ3) is 5.74. The largest absolute Gasteiger partial charge is 0.493 e. The van der Waals surface area contributed by atoms with E-state index in [4.69, 9.17) is 14.2 Å². The second-order valence-electron chi connectivity index (χ2n) is 6.26. The summed E-state index contributed by atoms with van der Waals surface area (Å²) in [4.78, 5) is 24.3. The highest BCUT2D eigenvalue weighted by atomic mass is 16.5. The second-order valence-corrected chi connectivity index (χ2v) is 6.26. The average Bonchev–Trinajstić information content (AvgIpc) is 2.72. The zero-order valence-electron chi connectivity index (χ0n) is 16.8. The molecule has 1 N–H and O–H groups in total. The smallest absolute Gasteiger partial charge is 0.338 e. The van der Waals surface area contributed by atoms with Crippen LogP contribution in [-0.4, -0.2) is 32.2 Å². The van der Waals surface area contributed by atoms with Crippen LogP contribution in [-0.2, 0) is 16.0 Å². The Kier molecular flexibility index (Phi) is 7.87. The Labute approximate surface area is 165 Å². The molecule has 0 radical (unpaired) electrons. The van der Waals surface area contributed by atoms with Crippen LogP contribution in [0.5, 0.6) is 11.5 Å². The number of carbonyl (C=O) groups is 2. The Morgan fingerprint density at radius 1 is 1.04 bits per heavy atom. The number of benzene rings is 2. The SMILES string of the molecule is CCOc1ccc(C(=O)OCC(=O)N[C@H](C)c2ccc(CC)cc2)cc1OC. The molecule has 0 fully saturated rings. The lowest BCUT2D eigenvalue weighted by molar-refractivity contribution is -0.124. The van der Waals surface area contributed by atoms with Crippen LogP contribution in [0.4, 0.5) is 0 Å². The van der Waals surface area contributed by atoms with E-state index in [-0.39, 0.29) is 24.1 Å². The molecule has 0 saturated carbocycles. The lowest BCUT2D eigenvalue weighted by Gasteiger charge is -2.15. The monoisotopic (exact) mass is 385 g/mol. The number of amides is 1. The molecular formula is C22H27NO5. The van der Waals surface area contributed by atoms with Crippen LogP contribution in [0.15, 0.2) is 42.5 Å². The van der Waals surface area contributed by atoms with Gasteiger partial charge in [-0.25, -0.2) is 4.79 Å². The normalized spacial score (nSPS) is 11.4. The Hall–Kier alpha value is -3.02. The zero-order chi connectivity index (χ0) is 20.5. The van der Waals surface area contributed by atoms with Crippen LogP contribution in [0, 0.1) is 0 Å². The van der Waals surface area contributed by atoms with Gasteiger partial charge in [-0.1, -0.05) is 31.2 Å². The minimum atomic E-state index is -0.601. The van der Waals surface area contributed by atoms with E-state index in [9.17, 15) is 9.59 Å². The van der Waals surface area contributed by atoms with Crippen molar-refractivity contribution < 1.29 is 23.8 Å². The highest BCUT2D eigenvalue weighted by Gasteiger charge is 2.15. The molecule has 0 unspecified atom stereocenters. The second kappa shape index (κ2) is 10.3. The van der Waals surface area contributed by atoms with Crippen molar-refractivity contribution in [3.63, 3.8) is 0 Å². The van der Waals surface area contributed by atoms with E-state index in [0.29, 0.717) is 18.1 Å². The van der Waals surface area contributed by atoms with Gasteiger partial charge in [-0.2, -0.15) is 0 Å². The number of nitrogens with one attached hydrogen (secondary N) is 1. The van der Waals surface area contributed by atoms with Crippen LogP contribution in [0.1, 0.15) is 48.3 Å². The van der Waals surface area contributed by atoms with E-state index in [1.165, 1.54) is 18.7 Å². The Bertz CT molecular complexity index is 801. The first-order valence-corrected chi connectivity index (χ1v) is 9.34. The summed E-state index contributed by atoms with van der Waals surface area (Å²) in [5.74, 6) is 0.0156. The fourth-order valence-corrected chi connectivity index (χ4v) is 2.69. The van der Waals surface area contributed by atoms with Crippen molar-refractivity contribution >= 4 is 11.9 Å². The van der Waals surface area contributed by atoms with Gasteiger partial charge in [-0.15, -0.1) is 0 Å². The molecule has 6 heteroatoms. The van der Waals surface area contributed by atoms with Crippen molar-refractivity contribution in [2.24, 2.45) is 0 Å². The van der Waals surface area contributed by atoms with Gasteiger partial charge in [0.25, 0.3) is 5.91 Å². The van der Waals surface area contributed by atoms with Crippen molar-refractivity contribution in [2.75, 3.05) is 20.3 Å². The number of hydrogen-bond donors (Lipinski definition) is 1. The molecule has 0 saturated heterocycles. The topological polar surface area (TPSA) is 73.9 Å². The molecule has 6 nitrogen and oxygen atoms in total. The maximum absolute atomic E-state index is 12.2. The predicted molar refractivity (Wildman–Crippen MR) is 107 cm³/mol. The summed E-state index contributed by atoms with van der Waals surface area (Å²) >= 11 is 0. The zero-order valence-corrected chi connectivity index (χ0v) is 16.8. The highest BCUT2D eigenvalue weighted by Crippen LogP contribution is 2.28. The molecule has 0 heterocycles. The first kappa shape index (κ1) is 21.3.